The monoisotopic (exact) mass is 222 g/mol. The number of carboxylic acids is 1. The quantitative estimate of drug-likeness (QED) is 0.606. The van der Waals surface area contributed by atoms with Gasteiger partial charge < -0.3 is 5.11 Å². The third-order valence-electron chi connectivity index (χ3n) is 1.95. The van der Waals surface area contributed by atoms with Gasteiger partial charge in [0.1, 0.15) is 0 Å². The number of aliphatic imine (C=N–C) groups is 1. The lowest BCUT2D eigenvalue weighted by molar-refractivity contribution is -0.138. The van der Waals surface area contributed by atoms with E-state index >= 15 is 0 Å². The molecule has 1 N–H and O–H groups in total. The van der Waals surface area contributed by atoms with Gasteiger partial charge in [0.25, 0.3) is 0 Å². The summed E-state index contributed by atoms with van der Waals surface area (Å²) < 4.78 is 0. The van der Waals surface area contributed by atoms with Gasteiger partial charge in [-0.15, -0.1) is 0 Å². The lowest BCUT2D eigenvalue weighted by Crippen LogP contribution is -2.18. The van der Waals surface area contributed by atoms with E-state index < -0.39 is 12.0 Å². The minimum absolute atomic E-state index is 0.420. The van der Waals surface area contributed by atoms with Crippen LogP contribution in [0.1, 0.15) is 12.0 Å². The van der Waals surface area contributed by atoms with Crippen molar-refractivity contribution in [3.8, 4) is 0 Å². The van der Waals surface area contributed by atoms with E-state index in [1.165, 1.54) is 0 Å². The Hall–Kier alpha value is -1.58. The highest BCUT2D eigenvalue weighted by Crippen LogP contribution is 2.06. The Balaban J connectivity index is 2.54. The zero-order valence-corrected chi connectivity index (χ0v) is 8.78. The summed E-state index contributed by atoms with van der Waals surface area (Å²) in [6, 6.07) is 2.90. The first kappa shape index (κ1) is 11.5. The lowest BCUT2D eigenvalue weighted by atomic mass is 10.1. The fourth-order valence-electron chi connectivity index (χ4n) is 1.16. The van der Waals surface area contributed by atoms with E-state index in [4.69, 9.17) is 5.11 Å². The maximum Gasteiger partial charge on any atom is 0.329 e. The molecule has 1 atom stereocenters. The average molecular weight is 222 g/mol. The molecule has 1 aromatic heterocycles. The number of nitrogens with zero attached hydrogens (tertiary/aromatic N) is 2. The fourth-order valence-corrected chi connectivity index (χ4v) is 1.29. The van der Waals surface area contributed by atoms with Crippen molar-refractivity contribution in [2.45, 2.75) is 18.9 Å². The van der Waals surface area contributed by atoms with Crippen molar-refractivity contribution in [2.24, 2.45) is 4.99 Å². The van der Waals surface area contributed by atoms with Gasteiger partial charge in [-0.25, -0.2) is 9.79 Å². The molecule has 1 heterocycles. The van der Waals surface area contributed by atoms with Crippen molar-refractivity contribution in [3.05, 3.63) is 30.1 Å². The molecule has 1 unspecified atom stereocenters. The number of aromatic nitrogens is 1. The summed E-state index contributed by atoms with van der Waals surface area (Å²) in [5, 5.41) is 10.9. The highest BCUT2D eigenvalue weighted by Gasteiger charge is 2.14. The van der Waals surface area contributed by atoms with Crippen LogP contribution in [0.3, 0.4) is 0 Å². The third kappa shape index (κ3) is 3.97. The Labute approximate surface area is 92.7 Å². The molecule has 4 nitrogen and oxygen atoms in total. The zero-order valence-electron chi connectivity index (χ0n) is 7.96. The molecule has 0 aliphatic carbocycles. The van der Waals surface area contributed by atoms with Gasteiger partial charge in [0, 0.05) is 12.4 Å². The van der Waals surface area contributed by atoms with E-state index in [9.17, 15) is 4.79 Å². The van der Waals surface area contributed by atoms with Gasteiger partial charge in [-0.1, -0.05) is 0 Å². The predicted molar refractivity (Wildman–Crippen MR) is 59.0 cm³/mol. The van der Waals surface area contributed by atoms with Crippen LogP contribution >= 0.6 is 12.2 Å². The molecular weight excluding hydrogens is 212 g/mol. The van der Waals surface area contributed by atoms with E-state index in [0.29, 0.717) is 12.8 Å². The largest absolute Gasteiger partial charge is 0.480 e. The Kier molecular flexibility index (Phi) is 4.60. The molecule has 0 saturated heterocycles. The Bertz CT molecular complexity index is 372. The summed E-state index contributed by atoms with van der Waals surface area (Å²) in [4.78, 5) is 18.2. The van der Waals surface area contributed by atoms with Gasteiger partial charge in [0.05, 0.1) is 5.16 Å². The molecule has 1 rings (SSSR count). The number of isothiocyanates is 1. The first-order valence-electron chi connectivity index (χ1n) is 4.42. The molecule has 0 spiro atoms. The Morgan fingerprint density at radius 2 is 2.27 bits per heavy atom. The standard InChI is InChI=1S/C10H10N2O2S/c13-10(14)9(12-7-15)2-1-8-3-5-11-6-4-8/h3-6,9H,1-2H2,(H,13,14). The number of pyridine rings is 1. The number of hydrogen-bond acceptors (Lipinski definition) is 4. The second kappa shape index (κ2) is 6.01. The van der Waals surface area contributed by atoms with Crippen LogP contribution in [0.15, 0.2) is 29.5 Å². The van der Waals surface area contributed by atoms with Crippen LogP contribution in [0.4, 0.5) is 0 Å². The van der Waals surface area contributed by atoms with Crippen molar-refractivity contribution in [2.75, 3.05) is 0 Å². The molecule has 0 fully saturated rings. The highest BCUT2D eigenvalue weighted by molar-refractivity contribution is 7.78. The molecule has 0 saturated carbocycles. The first-order chi connectivity index (χ1) is 7.24. The normalized spacial score (nSPS) is 11.5. The lowest BCUT2D eigenvalue weighted by Gasteiger charge is -2.04. The summed E-state index contributed by atoms with van der Waals surface area (Å²) in [6.45, 7) is 0. The molecule has 15 heavy (non-hydrogen) atoms. The van der Waals surface area contributed by atoms with E-state index in [2.05, 4.69) is 27.4 Å². The number of hydrogen-bond donors (Lipinski definition) is 1. The van der Waals surface area contributed by atoms with Crippen LogP contribution < -0.4 is 0 Å². The molecule has 0 bridgehead atoms. The van der Waals surface area contributed by atoms with Crippen molar-refractivity contribution < 1.29 is 9.90 Å². The maximum atomic E-state index is 10.7. The Morgan fingerprint density at radius 3 is 2.80 bits per heavy atom. The van der Waals surface area contributed by atoms with E-state index in [-0.39, 0.29) is 0 Å². The zero-order chi connectivity index (χ0) is 11.1. The van der Waals surface area contributed by atoms with Gasteiger partial charge in [-0.3, -0.25) is 4.98 Å². The molecule has 0 amide bonds. The van der Waals surface area contributed by atoms with E-state index in [1.54, 1.807) is 12.4 Å². The fraction of sp³-hybridized carbons (Fsp3) is 0.300. The number of aliphatic carboxylic acids is 1. The van der Waals surface area contributed by atoms with Gasteiger partial charge in [0.2, 0.25) is 0 Å². The minimum atomic E-state index is -0.971. The third-order valence-corrected chi connectivity index (χ3v) is 2.05. The molecule has 0 aliphatic rings. The van der Waals surface area contributed by atoms with Crippen molar-refractivity contribution in [3.63, 3.8) is 0 Å². The van der Waals surface area contributed by atoms with Gasteiger partial charge >= 0.3 is 5.97 Å². The predicted octanol–water partition coefficient (Wildman–Crippen LogP) is 1.57. The van der Waals surface area contributed by atoms with Crippen molar-refractivity contribution in [1.29, 1.82) is 0 Å². The molecule has 0 aromatic carbocycles. The van der Waals surface area contributed by atoms with Crippen LogP contribution in [0.2, 0.25) is 0 Å². The summed E-state index contributed by atoms with van der Waals surface area (Å²) in [5.74, 6) is -0.971. The number of carboxylic acid groups (broad SMARTS) is 1. The second-order valence-corrected chi connectivity index (χ2v) is 3.15. The topological polar surface area (TPSA) is 62.5 Å². The summed E-state index contributed by atoms with van der Waals surface area (Å²) in [6.07, 6.45) is 4.41. The number of thiocarbonyl (C=S) groups is 1. The number of rotatable bonds is 5. The minimum Gasteiger partial charge on any atom is -0.480 e. The number of carbonyl (C=O) groups is 1. The SMILES string of the molecule is O=C(O)C(CCc1ccncc1)N=C=S. The molecule has 0 radical (unpaired) electrons. The average Bonchev–Trinajstić information content (AvgIpc) is 2.25. The van der Waals surface area contributed by atoms with Crippen LogP contribution in [0.5, 0.6) is 0 Å². The molecule has 5 heteroatoms. The second-order valence-electron chi connectivity index (χ2n) is 2.97. The highest BCUT2D eigenvalue weighted by atomic mass is 32.1. The van der Waals surface area contributed by atoms with Gasteiger partial charge in [0.15, 0.2) is 6.04 Å². The summed E-state index contributed by atoms with van der Waals surface area (Å²) in [7, 11) is 0. The summed E-state index contributed by atoms with van der Waals surface area (Å²) in [5.41, 5.74) is 1.04. The van der Waals surface area contributed by atoms with Crippen molar-refractivity contribution >= 4 is 23.3 Å². The van der Waals surface area contributed by atoms with E-state index in [1.807, 2.05) is 12.1 Å². The van der Waals surface area contributed by atoms with Gasteiger partial charge in [-0.05, 0) is 42.8 Å². The molecule has 78 valence electrons. The molecule has 0 aliphatic heterocycles. The summed E-state index contributed by atoms with van der Waals surface area (Å²) >= 11 is 4.39. The number of aryl methyl sites for hydroxylation is 1. The van der Waals surface area contributed by atoms with Gasteiger partial charge in [-0.2, -0.15) is 0 Å². The maximum absolute atomic E-state index is 10.7. The van der Waals surface area contributed by atoms with Crippen LogP contribution in [0.25, 0.3) is 0 Å². The van der Waals surface area contributed by atoms with Crippen LogP contribution in [-0.4, -0.2) is 27.3 Å². The first-order valence-corrected chi connectivity index (χ1v) is 4.83. The van der Waals surface area contributed by atoms with Crippen LogP contribution in [-0.2, 0) is 11.2 Å². The van der Waals surface area contributed by atoms with E-state index in [0.717, 1.165) is 5.56 Å². The molecular formula is C10H10N2O2S. The Morgan fingerprint density at radius 1 is 1.60 bits per heavy atom. The smallest absolute Gasteiger partial charge is 0.329 e. The van der Waals surface area contributed by atoms with Crippen molar-refractivity contribution in [1.82, 2.24) is 4.98 Å². The molecule has 1 aromatic rings. The van der Waals surface area contributed by atoms with Crippen LogP contribution in [0, 0.1) is 0 Å².